The lowest BCUT2D eigenvalue weighted by Crippen LogP contribution is -2.31. The van der Waals surface area contributed by atoms with Crippen LogP contribution >= 0.6 is 0 Å². The Labute approximate surface area is 85.2 Å². The first-order valence-corrected chi connectivity index (χ1v) is 5.08. The van der Waals surface area contributed by atoms with Gasteiger partial charge < -0.3 is 14.4 Å². The topological polar surface area (TPSA) is 38.8 Å². The summed E-state index contributed by atoms with van der Waals surface area (Å²) in [6.45, 7) is 5.94. The molecule has 1 fully saturated rings. The molecule has 1 heterocycles. The minimum Gasteiger partial charge on any atom is -0.449 e. The number of hydrogen-bond acceptors (Lipinski definition) is 3. The average Bonchev–Trinajstić information content (AvgIpc) is 2.62. The quantitative estimate of drug-likeness (QED) is 0.694. The monoisotopic (exact) mass is 201 g/mol. The molecule has 0 saturated carbocycles. The van der Waals surface area contributed by atoms with Crippen LogP contribution in [-0.2, 0) is 9.47 Å². The summed E-state index contributed by atoms with van der Waals surface area (Å²) >= 11 is 0. The summed E-state index contributed by atoms with van der Waals surface area (Å²) in [4.78, 5) is 13.2. The van der Waals surface area contributed by atoms with Gasteiger partial charge >= 0.3 is 6.09 Å². The highest BCUT2D eigenvalue weighted by Crippen LogP contribution is 2.13. The van der Waals surface area contributed by atoms with Gasteiger partial charge in [-0.15, -0.1) is 0 Å². The van der Waals surface area contributed by atoms with Crippen molar-refractivity contribution in [2.24, 2.45) is 5.92 Å². The Bertz CT molecular complexity index is 194. The van der Waals surface area contributed by atoms with E-state index >= 15 is 0 Å². The smallest absolute Gasteiger partial charge is 0.409 e. The van der Waals surface area contributed by atoms with Gasteiger partial charge in [0.05, 0.1) is 19.3 Å². The molecule has 0 aromatic carbocycles. The fourth-order valence-electron chi connectivity index (χ4n) is 1.42. The lowest BCUT2D eigenvalue weighted by molar-refractivity contribution is 0.0824. The van der Waals surface area contributed by atoms with E-state index in [9.17, 15) is 4.79 Å². The van der Waals surface area contributed by atoms with E-state index in [1.807, 2.05) is 13.8 Å². The summed E-state index contributed by atoms with van der Waals surface area (Å²) in [6, 6.07) is 0. The second-order valence-electron chi connectivity index (χ2n) is 4.06. The van der Waals surface area contributed by atoms with E-state index in [2.05, 4.69) is 0 Å². The van der Waals surface area contributed by atoms with Crippen molar-refractivity contribution in [1.82, 2.24) is 4.90 Å². The van der Waals surface area contributed by atoms with Gasteiger partial charge in [0, 0.05) is 13.7 Å². The van der Waals surface area contributed by atoms with Crippen LogP contribution in [0.2, 0.25) is 0 Å². The number of nitrogens with zero attached hydrogens (tertiary/aromatic N) is 1. The predicted molar refractivity (Wildman–Crippen MR) is 53.2 cm³/mol. The van der Waals surface area contributed by atoms with Crippen LogP contribution in [0.25, 0.3) is 0 Å². The van der Waals surface area contributed by atoms with Crippen LogP contribution in [0.1, 0.15) is 20.3 Å². The highest BCUT2D eigenvalue weighted by Gasteiger charge is 2.26. The third kappa shape index (κ3) is 3.18. The molecule has 1 aliphatic rings. The Balaban J connectivity index is 2.25. The Morgan fingerprint density at radius 2 is 2.29 bits per heavy atom. The van der Waals surface area contributed by atoms with E-state index in [1.165, 1.54) is 0 Å². The van der Waals surface area contributed by atoms with Crippen LogP contribution < -0.4 is 0 Å². The van der Waals surface area contributed by atoms with Crippen LogP contribution in [0, 0.1) is 5.92 Å². The maximum absolute atomic E-state index is 11.5. The van der Waals surface area contributed by atoms with Gasteiger partial charge in [-0.05, 0) is 12.3 Å². The van der Waals surface area contributed by atoms with Gasteiger partial charge in [0.2, 0.25) is 0 Å². The third-order valence-corrected chi connectivity index (χ3v) is 2.28. The van der Waals surface area contributed by atoms with Crippen LogP contribution in [-0.4, -0.2) is 43.9 Å². The van der Waals surface area contributed by atoms with E-state index in [1.54, 1.807) is 12.0 Å². The molecule has 1 aliphatic heterocycles. The van der Waals surface area contributed by atoms with E-state index in [0.717, 1.165) is 13.0 Å². The molecule has 0 radical (unpaired) electrons. The zero-order valence-electron chi connectivity index (χ0n) is 9.16. The molecule has 1 amide bonds. The number of rotatable bonds is 3. The molecule has 0 aromatic rings. The van der Waals surface area contributed by atoms with E-state index in [-0.39, 0.29) is 12.2 Å². The molecule has 4 nitrogen and oxygen atoms in total. The molecular weight excluding hydrogens is 182 g/mol. The number of methoxy groups -OCH3 is 1. The molecule has 1 atom stereocenters. The number of carbonyl (C=O) groups excluding carboxylic acids is 1. The number of carbonyl (C=O) groups is 1. The van der Waals surface area contributed by atoms with Crippen molar-refractivity contribution in [2.45, 2.75) is 26.4 Å². The normalized spacial score (nSPS) is 21.7. The first kappa shape index (κ1) is 11.3. The SMILES string of the molecule is COC1CCN(C(=O)OCC(C)C)C1. The Kier molecular flexibility index (Phi) is 4.20. The standard InChI is InChI=1S/C10H19NO3/c1-8(2)7-14-10(12)11-5-4-9(6-11)13-3/h8-9H,4-7H2,1-3H3. The van der Waals surface area contributed by atoms with Crippen molar-refractivity contribution in [3.8, 4) is 0 Å². The molecule has 1 rings (SSSR count). The van der Waals surface area contributed by atoms with Gasteiger partial charge in [-0.3, -0.25) is 0 Å². The number of ether oxygens (including phenoxy) is 2. The molecule has 14 heavy (non-hydrogen) atoms. The van der Waals surface area contributed by atoms with E-state index in [0.29, 0.717) is 19.1 Å². The van der Waals surface area contributed by atoms with Crippen molar-refractivity contribution in [3.63, 3.8) is 0 Å². The Morgan fingerprint density at radius 1 is 1.57 bits per heavy atom. The predicted octanol–water partition coefficient (Wildman–Crippen LogP) is 1.50. The second kappa shape index (κ2) is 5.20. The summed E-state index contributed by atoms with van der Waals surface area (Å²) < 4.78 is 10.3. The fourth-order valence-corrected chi connectivity index (χ4v) is 1.42. The van der Waals surface area contributed by atoms with Gasteiger partial charge in [0.25, 0.3) is 0 Å². The summed E-state index contributed by atoms with van der Waals surface area (Å²) in [6.07, 6.45) is 0.882. The number of likely N-dealkylation sites (tertiary alicyclic amines) is 1. The van der Waals surface area contributed by atoms with Crippen molar-refractivity contribution in [2.75, 3.05) is 26.8 Å². The van der Waals surface area contributed by atoms with Crippen molar-refractivity contribution < 1.29 is 14.3 Å². The zero-order valence-corrected chi connectivity index (χ0v) is 9.16. The first-order chi connectivity index (χ1) is 6.63. The highest BCUT2D eigenvalue weighted by atomic mass is 16.6. The second-order valence-corrected chi connectivity index (χ2v) is 4.06. The molecular formula is C10H19NO3. The molecule has 4 heteroatoms. The molecule has 0 bridgehead atoms. The van der Waals surface area contributed by atoms with E-state index in [4.69, 9.17) is 9.47 Å². The lowest BCUT2D eigenvalue weighted by atomic mass is 10.2. The highest BCUT2D eigenvalue weighted by molar-refractivity contribution is 5.68. The van der Waals surface area contributed by atoms with Crippen LogP contribution in [0.3, 0.4) is 0 Å². The molecule has 0 aliphatic carbocycles. The van der Waals surface area contributed by atoms with Gasteiger partial charge in [0.15, 0.2) is 0 Å². The number of hydrogen-bond donors (Lipinski definition) is 0. The summed E-state index contributed by atoms with van der Waals surface area (Å²) in [5.41, 5.74) is 0. The van der Waals surface area contributed by atoms with Crippen molar-refractivity contribution in [3.05, 3.63) is 0 Å². The van der Waals surface area contributed by atoms with Gasteiger partial charge in [-0.2, -0.15) is 0 Å². The molecule has 0 aromatic heterocycles. The largest absolute Gasteiger partial charge is 0.449 e. The van der Waals surface area contributed by atoms with Crippen LogP contribution in [0.5, 0.6) is 0 Å². The zero-order chi connectivity index (χ0) is 10.6. The molecule has 0 spiro atoms. The number of amides is 1. The summed E-state index contributed by atoms with van der Waals surface area (Å²) in [7, 11) is 1.67. The van der Waals surface area contributed by atoms with E-state index < -0.39 is 0 Å². The fraction of sp³-hybridized carbons (Fsp3) is 0.900. The summed E-state index contributed by atoms with van der Waals surface area (Å²) in [5.74, 6) is 0.389. The minimum atomic E-state index is -0.210. The average molecular weight is 201 g/mol. The van der Waals surface area contributed by atoms with Crippen molar-refractivity contribution >= 4 is 6.09 Å². The van der Waals surface area contributed by atoms with Crippen LogP contribution in [0.4, 0.5) is 4.79 Å². The first-order valence-electron chi connectivity index (χ1n) is 5.08. The summed E-state index contributed by atoms with van der Waals surface area (Å²) in [5, 5.41) is 0. The van der Waals surface area contributed by atoms with Crippen LogP contribution in [0.15, 0.2) is 0 Å². The lowest BCUT2D eigenvalue weighted by Gasteiger charge is -2.16. The van der Waals surface area contributed by atoms with Gasteiger partial charge in [-0.25, -0.2) is 4.79 Å². The van der Waals surface area contributed by atoms with Gasteiger partial charge in [0.1, 0.15) is 0 Å². The molecule has 0 N–H and O–H groups in total. The molecule has 1 saturated heterocycles. The van der Waals surface area contributed by atoms with Crippen molar-refractivity contribution in [1.29, 1.82) is 0 Å². The maximum atomic E-state index is 11.5. The third-order valence-electron chi connectivity index (χ3n) is 2.28. The molecule has 82 valence electrons. The maximum Gasteiger partial charge on any atom is 0.409 e. The van der Waals surface area contributed by atoms with Gasteiger partial charge in [-0.1, -0.05) is 13.8 Å². The minimum absolute atomic E-state index is 0.182. The Morgan fingerprint density at radius 3 is 2.79 bits per heavy atom. The Hall–Kier alpha value is -0.770. The molecule has 1 unspecified atom stereocenters.